The molecule has 110 valence electrons. The van der Waals surface area contributed by atoms with Crippen molar-refractivity contribution in [3.05, 3.63) is 54.1 Å². The Kier molecular flexibility index (Phi) is 5.21. The molecule has 0 heterocycles. The Morgan fingerprint density at radius 3 is 2.48 bits per heavy atom. The van der Waals surface area contributed by atoms with Gasteiger partial charge in [-0.3, -0.25) is 4.79 Å². The molecule has 0 spiro atoms. The van der Waals surface area contributed by atoms with E-state index in [0.29, 0.717) is 30.3 Å². The third-order valence-electron chi connectivity index (χ3n) is 2.90. The summed E-state index contributed by atoms with van der Waals surface area (Å²) in [6.45, 7) is 2.19. The van der Waals surface area contributed by atoms with Gasteiger partial charge in [-0.1, -0.05) is 37.3 Å². The Labute approximate surface area is 124 Å². The average Bonchev–Trinajstić information content (AvgIpc) is 2.54. The number of ether oxygens (including phenoxy) is 3. The van der Waals surface area contributed by atoms with E-state index in [0.717, 1.165) is 5.56 Å². The molecule has 0 aliphatic rings. The Morgan fingerprint density at radius 1 is 1.05 bits per heavy atom. The first-order valence-electron chi connectivity index (χ1n) is 6.78. The molecule has 2 rings (SSSR count). The van der Waals surface area contributed by atoms with Crippen molar-refractivity contribution in [1.29, 1.82) is 0 Å². The molecule has 0 atom stereocenters. The van der Waals surface area contributed by atoms with Crippen LogP contribution in [-0.4, -0.2) is 13.1 Å². The van der Waals surface area contributed by atoms with Crippen molar-refractivity contribution in [2.24, 2.45) is 0 Å². The van der Waals surface area contributed by atoms with Gasteiger partial charge >= 0.3 is 5.97 Å². The molecular formula is C17H18O4. The van der Waals surface area contributed by atoms with Crippen LogP contribution in [0.5, 0.6) is 17.2 Å². The molecule has 0 aromatic heterocycles. The highest BCUT2D eigenvalue weighted by Gasteiger charge is 2.10. The molecule has 0 amide bonds. The van der Waals surface area contributed by atoms with Crippen molar-refractivity contribution in [2.75, 3.05) is 7.11 Å². The van der Waals surface area contributed by atoms with Gasteiger partial charge in [0.25, 0.3) is 0 Å². The van der Waals surface area contributed by atoms with Crippen molar-refractivity contribution in [3.8, 4) is 17.2 Å². The van der Waals surface area contributed by atoms with Gasteiger partial charge in [0.15, 0.2) is 11.5 Å². The van der Waals surface area contributed by atoms with Crippen molar-refractivity contribution < 1.29 is 19.0 Å². The van der Waals surface area contributed by atoms with Gasteiger partial charge in [-0.2, -0.15) is 0 Å². The Balaban J connectivity index is 2.09. The van der Waals surface area contributed by atoms with E-state index >= 15 is 0 Å². The smallest absolute Gasteiger partial charge is 0.311 e. The molecule has 0 aliphatic carbocycles. The molecule has 0 radical (unpaired) electrons. The summed E-state index contributed by atoms with van der Waals surface area (Å²) in [4.78, 5) is 11.4. The van der Waals surface area contributed by atoms with Gasteiger partial charge < -0.3 is 14.2 Å². The first kappa shape index (κ1) is 14.9. The van der Waals surface area contributed by atoms with Crippen LogP contribution >= 0.6 is 0 Å². The number of benzene rings is 2. The van der Waals surface area contributed by atoms with Crippen LogP contribution in [0.3, 0.4) is 0 Å². The van der Waals surface area contributed by atoms with Gasteiger partial charge in [-0.05, 0) is 17.7 Å². The number of hydrogen-bond acceptors (Lipinski definition) is 4. The number of methoxy groups -OCH3 is 1. The molecule has 0 unspecified atom stereocenters. The predicted molar refractivity (Wildman–Crippen MR) is 79.7 cm³/mol. The fourth-order valence-electron chi connectivity index (χ4n) is 1.76. The van der Waals surface area contributed by atoms with E-state index in [1.807, 2.05) is 30.3 Å². The molecule has 4 heteroatoms. The number of rotatable bonds is 6. The van der Waals surface area contributed by atoms with Gasteiger partial charge in [-0.15, -0.1) is 0 Å². The maximum Gasteiger partial charge on any atom is 0.311 e. The molecule has 0 aliphatic heterocycles. The molecule has 0 bridgehead atoms. The third kappa shape index (κ3) is 4.24. The zero-order valence-corrected chi connectivity index (χ0v) is 12.2. The van der Waals surface area contributed by atoms with E-state index in [4.69, 9.17) is 14.2 Å². The number of carbonyl (C=O) groups excluding carboxylic acids is 1. The molecule has 0 saturated heterocycles. The van der Waals surface area contributed by atoms with Gasteiger partial charge in [0.2, 0.25) is 0 Å². The van der Waals surface area contributed by atoms with E-state index < -0.39 is 0 Å². The Bertz CT molecular complexity index is 593. The quantitative estimate of drug-likeness (QED) is 0.601. The molecule has 2 aromatic carbocycles. The van der Waals surface area contributed by atoms with Gasteiger partial charge in [0, 0.05) is 12.5 Å². The summed E-state index contributed by atoms with van der Waals surface area (Å²) in [5.41, 5.74) is 1.07. The Hall–Kier alpha value is -2.49. The van der Waals surface area contributed by atoms with Crippen molar-refractivity contribution in [2.45, 2.75) is 20.0 Å². The number of esters is 1. The summed E-state index contributed by atoms with van der Waals surface area (Å²) >= 11 is 0. The second-order valence-electron chi connectivity index (χ2n) is 4.41. The van der Waals surface area contributed by atoms with Crippen LogP contribution in [0.25, 0.3) is 0 Å². The predicted octanol–water partition coefficient (Wildman–Crippen LogP) is 3.59. The number of carbonyl (C=O) groups is 1. The maximum absolute atomic E-state index is 11.4. The fraction of sp³-hybridized carbons (Fsp3) is 0.235. The second kappa shape index (κ2) is 7.33. The SMILES string of the molecule is CCC(=O)Oc1cc(OCc2ccccc2)ccc1OC. The minimum Gasteiger partial charge on any atom is -0.493 e. The lowest BCUT2D eigenvalue weighted by Gasteiger charge is -2.11. The maximum atomic E-state index is 11.4. The summed E-state index contributed by atoms with van der Waals surface area (Å²) in [7, 11) is 1.53. The lowest BCUT2D eigenvalue weighted by atomic mass is 10.2. The van der Waals surface area contributed by atoms with Gasteiger partial charge in [0.05, 0.1) is 7.11 Å². The van der Waals surface area contributed by atoms with Gasteiger partial charge in [-0.25, -0.2) is 0 Å². The van der Waals surface area contributed by atoms with Crippen molar-refractivity contribution in [1.82, 2.24) is 0 Å². The fourth-order valence-corrected chi connectivity index (χ4v) is 1.76. The Morgan fingerprint density at radius 2 is 1.81 bits per heavy atom. The standard InChI is InChI=1S/C17H18O4/c1-3-17(18)21-16-11-14(9-10-15(16)19-2)20-12-13-7-5-4-6-8-13/h4-11H,3,12H2,1-2H3. The summed E-state index contributed by atoms with van der Waals surface area (Å²) < 4.78 is 16.1. The second-order valence-corrected chi connectivity index (χ2v) is 4.41. The van der Waals surface area contributed by atoms with E-state index in [-0.39, 0.29) is 5.97 Å². The highest BCUT2D eigenvalue weighted by atomic mass is 16.6. The highest BCUT2D eigenvalue weighted by molar-refractivity contribution is 5.73. The molecule has 4 nitrogen and oxygen atoms in total. The lowest BCUT2D eigenvalue weighted by Crippen LogP contribution is -2.07. The van der Waals surface area contributed by atoms with Gasteiger partial charge in [0.1, 0.15) is 12.4 Å². The molecule has 0 saturated carbocycles. The lowest BCUT2D eigenvalue weighted by molar-refractivity contribution is -0.134. The highest BCUT2D eigenvalue weighted by Crippen LogP contribution is 2.31. The first-order chi connectivity index (χ1) is 10.2. The van der Waals surface area contributed by atoms with Crippen molar-refractivity contribution >= 4 is 5.97 Å². The molecule has 2 aromatic rings. The summed E-state index contributed by atoms with van der Waals surface area (Å²) in [5, 5.41) is 0. The molecule has 0 N–H and O–H groups in total. The zero-order valence-electron chi connectivity index (χ0n) is 12.2. The van der Waals surface area contributed by atoms with Crippen LogP contribution in [0.2, 0.25) is 0 Å². The third-order valence-corrected chi connectivity index (χ3v) is 2.90. The van der Waals surface area contributed by atoms with Crippen LogP contribution in [-0.2, 0) is 11.4 Å². The normalized spacial score (nSPS) is 10.0. The van der Waals surface area contributed by atoms with E-state index in [9.17, 15) is 4.79 Å². The van der Waals surface area contributed by atoms with E-state index in [2.05, 4.69) is 0 Å². The van der Waals surface area contributed by atoms with Crippen LogP contribution < -0.4 is 14.2 Å². The zero-order chi connectivity index (χ0) is 15.1. The topological polar surface area (TPSA) is 44.8 Å². The van der Waals surface area contributed by atoms with Crippen LogP contribution in [0.15, 0.2) is 48.5 Å². The van der Waals surface area contributed by atoms with Crippen LogP contribution in [0.1, 0.15) is 18.9 Å². The first-order valence-corrected chi connectivity index (χ1v) is 6.78. The van der Waals surface area contributed by atoms with E-state index in [1.165, 1.54) is 7.11 Å². The number of hydrogen-bond donors (Lipinski definition) is 0. The minimum atomic E-state index is -0.312. The molecule has 0 fully saturated rings. The summed E-state index contributed by atoms with van der Waals surface area (Å²) in [6.07, 6.45) is 0.304. The summed E-state index contributed by atoms with van der Waals surface area (Å²) in [6, 6.07) is 15.0. The van der Waals surface area contributed by atoms with E-state index in [1.54, 1.807) is 25.1 Å². The van der Waals surface area contributed by atoms with Crippen LogP contribution in [0.4, 0.5) is 0 Å². The van der Waals surface area contributed by atoms with Crippen molar-refractivity contribution in [3.63, 3.8) is 0 Å². The minimum absolute atomic E-state index is 0.304. The monoisotopic (exact) mass is 286 g/mol. The summed E-state index contributed by atoms with van der Waals surface area (Å²) in [5.74, 6) is 1.19. The molecule has 21 heavy (non-hydrogen) atoms. The molecular weight excluding hydrogens is 268 g/mol. The average molecular weight is 286 g/mol. The van der Waals surface area contributed by atoms with Crippen LogP contribution in [0, 0.1) is 0 Å². The largest absolute Gasteiger partial charge is 0.493 e.